The maximum absolute atomic E-state index is 12.9. The monoisotopic (exact) mass is 367 g/mol. The van der Waals surface area contributed by atoms with Crippen LogP contribution < -0.4 is 5.32 Å². The Morgan fingerprint density at radius 1 is 1.38 bits per heavy atom. The molecule has 1 aliphatic rings. The first-order valence-corrected chi connectivity index (χ1v) is 10.5. The van der Waals surface area contributed by atoms with E-state index in [-0.39, 0.29) is 5.41 Å². The number of aromatic nitrogens is 1. The molecule has 1 saturated heterocycles. The Morgan fingerprint density at radius 2 is 2.12 bits per heavy atom. The van der Waals surface area contributed by atoms with Crippen molar-refractivity contribution < 1.29 is 8.42 Å². The topological polar surface area (TPSA) is 62.3 Å². The zero-order valence-electron chi connectivity index (χ0n) is 14.7. The number of sulfonamides is 1. The van der Waals surface area contributed by atoms with Crippen molar-refractivity contribution in [3.05, 3.63) is 23.2 Å². The van der Waals surface area contributed by atoms with Gasteiger partial charge in [0, 0.05) is 18.5 Å². The van der Waals surface area contributed by atoms with Gasteiger partial charge in [-0.05, 0) is 44.1 Å². The molecule has 0 amide bonds. The smallest absolute Gasteiger partial charge is 0.243 e. The highest BCUT2D eigenvalue weighted by Crippen LogP contribution is 2.33. The second-order valence-corrected chi connectivity index (χ2v) is 10.4. The minimum atomic E-state index is -3.42. The lowest BCUT2D eigenvalue weighted by Gasteiger charge is -2.16. The molecule has 3 rings (SSSR count). The summed E-state index contributed by atoms with van der Waals surface area (Å²) in [5, 5.41) is 4.16. The predicted octanol–water partition coefficient (Wildman–Crippen LogP) is 2.82. The second-order valence-electron chi connectivity index (χ2n) is 7.47. The molecule has 24 heavy (non-hydrogen) atoms. The molecular weight excluding hydrogens is 342 g/mol. The summed E-state index contributed by atoms with van der Waals surface area (Å²) >= 11 is 1.58. The van der Waals surface area contributed by atoms with Crippen molar-refractivity contribution in [1.29, 1.82) is 0 Å². The third kappa shape index (κ3) is 3.35. The second kappa shape index (κ2) is 6.37. The van der Waals surface area contributed by atoms with E-state index in [0.717, 1.165) is 28.2 Å². The van der Waals surface area contributed by atoms with E-state index in [1.807, 2.05) is 13.1 Å². The maximum atomic E-state index is 12.9. The highest BCUT2D eigenvalue weighted by atomic mass is 32.2. The summed E-state index contributed by atoms with van der Waals surface area (Å²) in [5.41, 5.74) is 0.844. The van der Waals surface area contributed by atoms with Crippen molar-refractivity contribution in [2.45, 2.75) is 37.5 Å². The Kier molecular flexibility index (Phi) is 4.72. The van der Waals surface area contributed by atoms with Gasteiger partial charge < -0.3 is 5.32 Å². The van der Waals surface area contributed by atoms with Gasteiger partial charge in [-0.25, -0.2) is 13.4 Å². The van der Waals surface area contributed by atoms with Gasteiger partial charge in [-0.3, -0.25) is 0 Å². The molecule has 1 aromatic carbocycles. The third-order valence-corrected chi connectivity index (χ3v) is 7.69. The van der Waals surface area contributed by atoms with Crippen LogP contribution in [0.5, 0.6) is 0 Å². The number of nitrogens with zero attached hydrogens (tertiary/aromatic N) is 2. The van der Waals surface area contributed by atoms with E-state index in [1.165, 1.54) is 0 Å². The molecule has 1 N–H and O–H groups in total. The lowest BCUT2D eigenvalue weighted by atomic mass is 9.98. The lowest BCUT2D eigenvalue weighted by Crippen LogP contribution is -2.30. The Balaban J connectivity index is 1.91. The van der Waals surface area contributed by atoms with E-state index in [2.05, 4.69) is 31.1 Å². The highest BCUT2D eigenvalue weighted by Gasteiger charge is 2.32. The molecule has 7 heteroatoms. The fraction of sp³-hybridized carbons (Fsp3) is 0.588. The summed E-state index contributed by atoms with van der Waals surface area (Å²) in [5.74, 6) is 0.393. The lowest BCUT2D eigenvalue weighted by molar-refractivity contribution is 0.451. The number of thiazole rings is 1. The van der Waals surface area contributed by atoms with Gasteiger partial charge in [-0.1, -0.05) is 20.8 Å². The van der Waals surface area contributed by atoms with Gasteiger partial charge >= 0.3 is 0 Å². The molecule has 1 fully saturated rings. The SMILES string of the molecule is CNCC1CCN(S(=O)(=O)c2ccc3nc(C(C)(C)C)sc3c2)C1. The number of hydrogen-bond donors (Lipinski definition) is 1. The van der Waals surface area contributed by atoms with Crippen molar-refractivity contribution in [2.24, 2.45) is 5.92 Å². The molecular formula is C17H25N3O2S2. The van der Waals surface area contributed by atoms with Gasteiger partial charge in [-0.15, -0.1) is 11.3 Å². The fourth-order valence-electron chi connectivity index (χ4n) is 3.01. The van der Waals surface area contributed by atoms with Crippen LogP contribution in [0.3, 0.4) is 0 Å². The number of benzene rings is 1. The molecule has 0 aliphatic carbocycles. The predicted molar refractivity (Wildman–Crippen MR) is 99.1 cm³/mol. The van der Waals surface area contributed by atoms with Crippen LogP contribution in [0.2, 0.25) is 0 Å². The van der Waals surface area contributed by atoms with Crippen LogP contribution in [0.25, 0.3) is 10.2 Å². The first-order valence-electron chi connectivity index (χ1n) is 8.27. The molecule has 0 bridgehead atoms. The number of hydrogen-bond acceptors (Lipinski definition) is 5. The van der Waals surface area contributed by atoms with E-state index < -0.39 is 10.0 Å². The Morgan fingerprint density at radius 3 is 2.79 bits per heavy atom. The number of nitrogens with one attached hydrogen (secondary N) is 1. The van der Waals surface area contributed by atoms with Crippen LogP contribution in [0.1, 0.15) is 32.2 Å². The minimum Gasteiger partial charge on any atom is -0.319 e. The van der Waals surface area contributed by atoms with Crippen LogP contribution in [-0.4, -0.2) is 44.4 Å². The van der Waals surface area contributed by atoms with Gasteiger partial charge in [0.05, 0.1) is 20.1 Å². The molecule has 1 aliphatic heterocycles. The summed E-state index contributed by atoms with van der Waals surface area (Å²) in [6.07, 6.45) is 0.914. The van der Waals surface area contributed by atoms with E-state index in [9.17, 15) is 8.42 Å². The van der Waals surface area contributed by atoms with Gasteiger partial charge in [0.25, 0.3) is 0 Å². The van der Waals surface area contributed by atoms with Crippen molar-refractivity contribution in [2.75, 3.05) is 26.7 Å². The molecule has 2 heterocycles. The molecule has 0 radical (unpaired) electrons. The standard InChI is InChI=1S/C17H25N3O2S2/c1-17(2,3)16-19-14-6-5-13(9-15(14)23-16)24(21,22)20-8-7-12(11-20)10-18-4/h5-6,9,12,18H,7-8,10-11H2,1-4H3. The van der Waals surface area contributed by atoms with Crippen LogP contribution in [0.15, 0.2) is 23.1 Å². The van der Waals surface area contributed by atoms with Crippen LogP contribution >= 0.6 is 11.3 Å². The van der Waals surface area contributed by atoms with Crippen molar-refractivity contribution in [1.82, 2.24) is 14.6 Å². The molecule has 132 valence electrons. The normalized spacial score (nSPS) is 20.1. The van der Waals surface area contributed by atoms with Crippen LogP contribution in [-0.2, 0) is 15.4 Å². The molecule has 1 atom stereocenters. The molecule has 1 aromatic heterocycles. The summed E-state index contributed by atoms with van der Waals surface area (Å²) in [6, 6.07) is 5.30. The maximum Gasteiger partial charge on any atom is 0.243 e. The van der Waals surface area contributed by atoms with E-state index >= 15 is 0 Å². The van der Waals surface area contributed by atoms with Crippen molar-refractivity contribution in [3.8, 4) is 0 Å². The zero-order valence-corrected chi connectivity index (χ0v) is 16.3. The minimum absolute atomic E-state index is 0.0297. The van der Waals surface area contributed by atoms with E-state index in [0.29, 0.717) is 23.9 Å². The first kappa shape index (κ1) is 17.8. The number of fused-ring (bicyclic) bond motifs is 1. The van der Waals surface area contributed by atoms with Crippen LogP contribution in [0, 0.1) is 5.92 Å². The quantitative estimate of drug-likeness (QED) is 0.903. The molecule has 2 aromatic rings. The van der Waals surface area contributed by atoms with Crippen molar-refractivity contribution in [3.63, 3.8) is 0 Å². The van der Waals surface area contributed by atoms with Gasteiger partial charge in [0.1, 0.15) is 0 Å². The summed E-state index contributed by atoms with van der Waals surface area (Å²) in [4.78, 5) is 5.02. The average Bonchev–Trinajstić information content (AvgIpc) is 3.12. The summed E-state index contributed by atoms with van der Waals surface area (Å²) in [7, 11) is -1.52. The van der Waals surface area contributed by atoms with Gasteiger partial charge in [-0.2, -0.15) is 4.31 Å². The molecule has 0 saturated carbocycles. The van der Waals surface area contributed by atoms with Gasteiger partial charge in [0.15, 0.2) is 0 Å². The Bertz CT molecular complexity index is 837. The molecule has 5 nitrogen and oxygen atoms in total. The van der Waals surface area contributed by atoms with E-state index in [1.54, 1.807) is 27.8 Å². The molecule has 0 spiro atoms. The third-order valence-electron chi connectivity index (χ3n) is 4.38. The first-order chi connectivity index (χ1) is 11.2. The van der Waals surface area contributed by atoms with Crippen molar-refractivity contribution >= 4 is 31.6 Å². The van der Waals surface area contributed by atoms with Crippen LogP contribution in [0.4, 0.5) is 0 Å². The summed E-state index contributed by atoms with van der Waals surface area (Å²) < 4.78 is 28.4. The zero-order chi connectivity index (χ0) is 17.5. The number of rotatable bonds is 4. The van der Waals surface area contributed by atoms with E-state index in [4.69, 9.17) is 0 Å². The largest absolute Gasteiger partial charge is 0.319 e. The van der Waals surface area contributed by atoms with Gasteiger partial charge in [0.2, 0.25) is 10.0 Å². The average molecular weight is 368 g/mol. The Labute approximate surface area is 148 Å². The summed E-state index contributed by atoms with van der Waals surface area (Å²) in [6.45, 7) is 8.41. The Hall–Kier alpha value is -1.02. The molecule has 1 unspecified atom stereocenters. The highest BCUT2D eigenvalue weighted by molar-refractivity contribution is 7.89. The fourth-order valence-corrected chi connectivity index (χ4v) is 5.70.